The second-order valence-corrected chi connectivity index (χ2v) is 4.16. The largest absolute Gasteiger partial charge is 0.496 e. The van der Waals surface area contributed by atoms with Gasteiger partial charge in [-0.25, -0.2) is 0 Å². The Bertz CT molecular complexity index is 352. The van der Waals surface area contributed by atoms with E-state index in [0.717, 1.165) is 31.9 Å². The maximum Gasteiger partial charge on any atom is 0.123 e. The average Bonchev–Trinajstić information content (AvgIpc) is 2.35. The Labute approximate surface area is 97.2 Å². The van der Waals surface area contributed by atoms with Crippen molar-refractivity contribution in [2.75, 3.05) is 26.7 Å². The summed E-state index contributed by atoms with van der Waals surface area (Å²) in [6.07, 6.45) is 0. The first-order valence-electron chi connectivity index (χ1n) is 5.94. The van der Waals surface area contributed by atoms with Crippen LogP contribution < -0.4 is 15.4 Å². The quantitative estimate of drug-likeness (QED) is 0.806. The third kappa shape index (κ3) is 2.20. The molecule has 0 bridgehead atoms. The number of methoxy groups -OCH3 is 1. The van der Waals surface area contributed by atoms with Crippen molar-refractivity contribution in [3.05, 3.63) is 29.3 Å². The highest BCUT2D eigenvalue weighted by Gasteiger charge is 2.21. The summed E-state index contributed by atoms with van der Waals surface area (Å²) >= 11 is 0. The van der Waals surface area contributed by atoms with Crippen LogP contribution in [0.15, 0.2) is 18.2 Å². The van der Waals surface area contributed by atoms with Crippen molar-refractivity contribution in [2.24, 2.45) is 0 Å². The van der Waals surface area contributed by atoms with E-state index >= 15 is 0 Å². The molecule has 1 aliphatic rings. The highest BCUT2D eigenvalue weighted by atomic mass is 16.5. The lowest BCUT2D eigenvalue weighted by Crippen LogP contribution is -2.34. The zero-order valence-electron chi connectivity index (χ0n) is 10.0. The van der Waals surface area contributed by atoms with Gasteiger partial charge in [0.25, 0.3) is 0 Å². The molecule has 1 heterocycles. The van der Waals surface area contributed by atoms with Gasteiger partial charge < -0.3 is 15.4 Å². The zero-order chi connectivity index (χ0) is 11.4. The van der Waals surface area contributed by atoms with Crippen LogP contribution in [0.2, 0.25) is 0 Å². The summed E-state index contributed by atoms with van der Waals surface area (Å²) < 4.78 is 5.40. The van der Waals surface area contributed by atoms with Crippen molar-refractivity contribution in [3.63, 3.8) is 0 Å². The molecular formula is C13H20N2O. The highest BCUT2D eigenvalue weighted by Crippen LogP contribution is 2.30. The molecule has 1 aliphatic heterocycles. The van der Waals surface area contributed by atoms with Crippen molar-refractivity contribution in [1.29, 1.82) is 0 Å². The van der Waals surface area contributed by atoms with Crippen molar-refractivity contribution < 1.29 is 4.74 Å². The van der Waals surface area contributed by atoms with E-state index in [1.165, 1.54) is 11.1 Å². The fourth-order valence-corrected chi connectivity index (χ4v) is 2.33. The van der Waals surface area contributed by atoms with Gasteiger partial charge in [-0.15, -0.1) is 0 Å². The molecule has 1 unspecified atom stereocenters. The second-order valence-electron chi connectivity index (χ2n) is 4.16. The first-order chi connectivity index (χ1) is 7.86. The van der Waals surface area contributed by atoms with Gasteiger partial charge in [-0.1, -0.05) is 19.1 Å². The van der Waals surface area contributed by atoms with Gasteiger partial charge in [-0.2, -0.15) is 0 Å². The van der Waals surface area contributed by atoms with Crippen molar-refractivity contribution in [3.8, 4) is 5.75 Å². The third-order valence-electron chi connectivity index (χ3n) is 3.16. The number of benzene rings is 1. The molecule has 3 nitrogen and oxygen atoms in total. The number of hydrogen-bond acceptors (Lipinski definition) is 3. The van der Waals surface area contributed by atoms with E-state index in [-0.39, 0.29) is 0 Å². The van der Waals surface area contributed by atoms with Crippen molar-refractivity contribution in [2.45, 2.75) is 19.4 Å². The number of fused-ring (bicyclic) bond motifs is 1. The lowest BCUT2D eigenvalue weighted by molar-refractivity contribution is 0.399. The average molecular weight is 220 g/mol. The van der Waals surface area contributed by atoms with Gasteiger partial charge in [0.15, 0.2) is 0 Å². The summed E-state index contributed by atoms with van der Waals surface area (Å²) in [5.41, 5.74) is 2.75. The maximum absolute atomic E-state index is 5.40. The standard InChI is InChI=1S/C13H20N2O/c1-3-14-7-10-8-15-9-12-11(10)5-4-6-13(12)16-2/h4-6,10,14-15H,3,7-9H2,1-2H3. The van der Waals surface area contributed by atoms with E-state index in [1.54, 1.807) is 7.11 Å². The number of likely N-dealkylation sites (N-methyl/N-ethyl adjacent to an activating group) is 1. The molecule has 1 aromatic rings. The molecule has 0 aliphatic carbocycles. The first-order valence-corrected chi connectivity index (χ1v) is 5.94. The topological polar surface area (TPSA) is 33.3 Å². The van der Waals surface area contributed by atoms with Gasteiger partial charge in [0.05, 0.1) is 7.11 Å². The Morgan fingerprint density at radius 3 is 3.12 bits per heavy atom. The first kappa shape index (κ1) is 11.4. The van der Waals surface area contributed by atoms with Crippen LogP contribution in [0.4, 0.5) is 0 Å². The number of nitrogens with one attached hydrogen (secondary N) is 2. The molecule has 0 spiro atoms. The highest BCUT2D eigenvalue weighted by molar-refractivity contribution is 5.43. The number of hydrogen-bond donors (Lipinski definition) is 2. The Balaban J connectivity index is 2.24. The van der Waals surface area contributed by atoms with Crippen LogP contribution in [0.25, 0.3) is 0 Å². The Kier molecular flexibility index (Phi) is 3.80. The summed E-state index contributed by atoms with van der Waals surface area (Å²) in [6.45, 7) is 6.16. The molecule has 0 radical (unpaired) electrons. The molecule has 1 atom stereocenters. The molecule has 88 valence electrons. The van der Waals surface area contributed by atoms with E-state index in [9.17, 15) is 0 Å². The lowest BCUT2D eigenvalue weighted by atomic mass is 9.90. The normalized spacial score (nSPS) is 19.2. The van der Waals surface area contributed by atoms with Gasteiger partial charge in [-0.3, -0.25) is 0 Å². The van der Waals surface area contributed by atoms with Crippen LogP contribution in [0.5, 0.6) is 5.75 Å². The van der Waals surface area contributed by atoms with Gasteiger partial charge in [0.1, 0.15) is 5.75 Å². The van der Waals surface area contributed by atoms with Crippen molar-refractivity contribution >= 4 is 0 Å². The molecule has 0 aromatic heterocycles. The van der Waals surface area contributed by atoms with Crippen LogP contribution in [0.3, 0.4) is 0 Å². The molecule has 0 saturated heterocycles. The van der Waals surface area contributed by atoms with Gasteiger partial charge in [-0.05, 0) is 18.2 Å². The maximum atomic E-state index is 5.40. The SMILES string of the molecule is CCNCC1CNCc2c(OC)cccc21. The van der Waals surface area contributed by atoms with E-state index in [1.807, 2.05) is 6.07 Å². The number of rotatable bonds is 4. The van der Waals surface area contributed by atoms with Crippen LogP contribution >= 0.6 is 0 Å². The zero-order valence-corrected chi connectivity index (χ0v) is 10.0. The Morgan fingerprint density at radius 1 is 1.50 bits per heavy atom. The molecule has 2 N–H and O–H groups in total. The van der Waals surface area contributed by atoms with Crippen LogP contribution in [-0.4, -0.2) is 26.7 Å². The molecule has 3 heteroatoms. The summed E-state index contributed by atoms with van der Waals surface area (Å²) in [5, 5.41) is 6.87. The minimum absolute atomic E-state index is 0.554. The molecular weight excluding hydrogens is 200 g/mol. The van der Waals surface area contributed by atoms with Crippen LogP contribution in [-0.2, 0) is 6.54 Å². The van der Waals surface area contributed by atoms with Crippen LogP contribution in [0, 0.1) is 0 Å². The fourth-order valence-electron chi connectivity index (χ4n) is 2.33. The predicted molar refractivity (Wildman–Crippen MR) is 66.0 cm³/mol. The Morgan fingerprint density at radius 2 is 2.38 bits per heavy atom. The molecule has 2 rings (SSSR count). The van der Waals surface area contributed by atoms with Gasteiger partial charge >= 0.3 is 0 Å². The van der Waals surface area contributed by atoms with Gasteiger partial charge in [0.2, 0.25) is 0 Å². The van der Waals surface area contributed by atoms with E-state index in [0.29, 0.717) is 5.92 Å². The van der Waals surface area contributed by atoms with E-state index in [2.05, 4.69) is 29.7 Å². The molecule has 0 fully saturated rings. The third-order valence-corrected chi connectivity index (χ3v) is 3.16. The monoisotopic (exact) mass is 220 g/mol. The predicted octanol–water partition coefficient (Wildman–Crippen LogP) is 1.49. The molecule has 16 heavy (non-hydrogen) atoms. The minimum Gasteiger partial charge on any atom is -0.496 e. The molecule has 1 aromatic carbocycles. The fraction of sp³-hybridized carbons (Fsp3) is 0.538. The summed E-state index contributed by atoms with van der Waals surface area (Å²) in [7, 11) is 1.74. The van der Waals surface area contributed by atoms with Crippen molar-refractivity contribution in [1.82, 2.24) is 10.6 Å². The van der Waals surface area contributed by atoms with E-state index in [4.69, 9.17) is 4.74 Å². The minimum atomic E-state index is 0.554. The number of ether oxygens (including phenoxy) is 1. The van der Waals surface area contributed by atoms with Crippen LogP contribution in [0.1, 0.15) is 24.0 Å². The summed E-state index contributed by atoms with van der Waals surface area (Å²) in [6, 6.07) is 6.35. The molecule has 0 saturated carbocycles. The smallest absolute Gasteiger partial charge is 0.123 e. The molecule has 0 amide bonds. The second kappa shape index (κ2) is 5.32. The van der Waals surface area contributed by atoms with Gasteiger partial charge in [0, 0.05) is 31.1 Å². The summed E-state index contributed by atoms with van der Waals surface area (Å²) in [4.78, 5) is 0. The Hall–Kier alpha value is -1.06. The lowest BCUT2D eigenvalue weighted by Gasteiger charge is -2.27. The summed E-state index contributed by atoms with van der Waals surface area (Å²) in [5.74, 6) is 1.56. The van der Waals surface area contributed by atoms with E-state index < -0.39 is 0 Å².